The van der Waals surface area contributed by atoms with E-state index in [1.165, 1.54) is 17.0 Å². The average molecular weight is 820 g/mol. The number of rotatable bonds is 15. The zero-order valence-electron chi connectivity index (χ0n) is 29.9. The smallest absolute Gasteiger partial charge is 0.416 e. The van der Waals surface area contributed by atoms with Gasteiger partial charge in [-0.05, 0) is 73.0 Å². The Balaban J connectivity index is 1.15. The summed E-state index contributed by atoms with van der Waals surface area (Å²) < 4.78 is 64.4. The molecule has 3 saturated heterocycles. The molecule has 3 heterocycles. The Morgan fingerprint density at radius 3 is 2.24 bits per heavy atom. The van der Waals surface area contributed by atoms with Crippen LogP contribution in [0.4, 0.5) is 13.2 Å². The molecule has 3 aliphatic heterocycles. The number of amides is 1. The molecule has 0 spiro atoms. The first-order valence-corrected chi connectivity index (χ1v) is 19.5. The van der Waals surface area contributed by atoms with Crippen LogP contribution in [-0.2, 0) is 27.0 Å². The number of alkyl halides is 3. The molecular formula is C39H41ClF3N3O7S2. The van der Waals surface area contributed by atoms with Crippen LogP contribution in [0.2, 0.25) is 5.02 Å². The van der Waals surface area contributed by atoms with Crippen molar-refractivity contribution in [3.05, 3.63) is 86.8 Å². The van der Waals surface area contributed by atoms with Gasteiger partial charge in [0.25, 0.3) is 5.91 Å². The topological polar surface area (TPSA) is 101 Å². The molecule has 1 amide bonds. The standard InChI is InChI=1S/C39H41ClF3N3O7S2/c40-32-6-5-30(39(41,42)43)24-31(32)26-3-7-33(52-15-1-9-44-11-17-50-18-12-44)28(21-26)23-35-36(47)46(38(54)55-35)10-2-16-53-34-8-4-27(37(48)49)22-29(34)25-45-13-19-51-20-14-45/h3-8,21-24H,1-2,9-20,25H2,(H,48,49)/b35-23-. The number of thiocarbonyl (C=S) groups is 1. The van der Waals surface area contributed by atoms with Gasteiger partial charge in [-0.15, -0.1) is 0 Å². The average Bonchev–Trinajstić information content (AvgIpc) is 3.43. The number of morpholine rings is 2. The molecule has 0 radical (unpaired) electrons. The molecule has 0 aliphatic carbocycles. The molecule has 1 N–H and O–H groups in total. The van der Waals surface area contributed by atoms with Crippen LogP contribution in [0.3, 0.4) is 0 Å². The minimum Gasteiger partial charge on any atom is -0.493 e. The fraction of sp³-hybridized carbons (Fsp3) is 0.410. The van der Waals surface area contributed by atoms with Crippen molar-refractivity contribution < 1.29 is 46.8 Å². The fourth-order valence-corrected chi connectivity index (χ4v) is 7.92. The van der Waals surface area contributed by atoms with Crippen LogP contribution < -0.4 is 9.47 Å². The van der Waals surface area contributed by atoms with E-state index in [0.717, 1.165) is 68.6 Å². The maximum absolute atomic E-state index is 13.7. The number of nitrogens with zero attached hydrogens (tertiary/aromatic N) is 3. The van der Waals surface area contributed by atoms with Crippen LogP contribution >= 0.6 is 35.6 Å². The van der Waals surface area contributed by atoms with Crippen molar-refractivity contribution in [2.75, 3.05) is 78.9 Å². The number of thioether (sulfide) groups is 1. The summed E-state index contributed by atoms with van der Waals surface area (Å²) in [5, 5.41) is 9.69. The molecule has 0 bridgehead atoms. The molecule has 3 aromatic rings. The quantitative estimate of drug-likeness (QED) is 0.0949. The summed E-state index contributed by atoms with van der Waals surface area (Å²) in [5.74, 6) is -0.297. The van der Waals surface area contributed by atoms with Crippen molar-refractivity contribution in [2.24, 2.45) is 0 Å². The zero-order valence-corrected chi connectivity index (χ0v) is 32.3. The first kappa shape index (κ1) is 40.9. The van der Waals surface area contributed by atoms with Gasteiger partial charge in [-0.25, -0.2) is 4.79 Å². The van der Waals surface area contributed by atoms with E-state index < -0.39 is 17.7 Å². The summed E-state index contributed by atoms with van der Waals surface area (Å²) in [7, 11) is 0. The lowest BCUT2D eigenvalue weighted by Gasteiger charge is -2.27. The summed E-state index contributed by atoms with van der Waals surface area (Å²) in [6, 6.07) is 13.0. The number of halogens is 4. The van der Waals surface area contributed by atoms with Gasteiger partial charge in [0.15, 0.2) is 0 Å². The number of ether oxygens (including phenoxy) is 4. The van der Waals surface area contributed by atoms with Crippen LogP contribution in [0.5, 0.6) is 11.5 Å². The van der Waals surface area contributed by atoms with Gasteiger partial charge in [-0.1, -0.05) is 41.6 Å². The maximum atomic E-state index is 13.7. The molecule has 294 valence electrons. The first-order chi connectivity index (χ1) is 26.5. The third kappa shape index (κ3) is 11.0. The van der Waals surface area contributed by atoms with E-state index in [4.69, 9.17) is 42.8 Å². The molecule has 0 aromatic heterocycles. The number of carbonyl (C=O) groups is 2. The molecule has 6 rings (SSSR count). The van der Waals surface area contributed by atoms with Crippen LogP contribution in [0.1, 0.15) is 39.9 Å². The van der Waals surface area contributed by atoms with E-state index in [9.17, 15) is 27.9 Å². The van der Waals surface area contributed by atoms with E-state index in [1.807, 2.05) is 0 Å². The minimum atomic E-state index is -4.55. The first-order valence-electron chi connectivity index (χ1n) is 17.9. The van der Waals surface area contributed by atoms with E-state index in [0.29, 0.717) is 77.9 Å². The predicted octanol–water partition coefficient (Wildman–Crippen LogP) is 7.33. The molecule has 0 unspecified atom stereocenters. The Morgan fingerprint density at radius 2 is 1.55 bits per heavy atom. The molecule has 3 fully saturated rings. The molecule has 3 aliphatic rings. The number of aromatic carboxylic acids is 1. The van der Waals surface area contributed by atoms with E-state index in [2.05, 4.69) is 9.80 Å². The molecular weight excluding hydrogens is 779 g/mol. The number of hydrogen-bond donors (Lipinski definition) is 1. The van der Waals surface area contributed by atoms with Gasteiger partial charge < -0.3 is 24.1 Å². The van der Waals surface area contributed by atoms with Crippen molar-refractivity contribution in [2.45, 2.75) is 25.6 Å². The number of carbonyl (C=O) groups excluding carboxylic acids is 1. The van der Waals surface area contributed by atoms with E-state index in [1.54, 1.807) is 36.4 Å². The molecule has 0 atom stereocenters. The predicted molar refractivity (Wildman–Crippen MR) is 209 cm³/mol. The SMILES string of the molecule is O=C(O)c1ccc(OCCCN2C(=O)/C(=C/c3cc(-c4cc(C(F)(F)F)ccc4Cl)ccc3OCCCN3CCOCC3)SC2=S)c(CN2CCOCC2)c1. The molecule has 3 aromatic carbocycles. The molecule has 10 nitrogen and oxygen atoms in total. The van der Waals surface area contributed by atoms with Crippen molar-refractivity contribution in [1.29, 1.82) is 0 Å². The molecule has 55 heavy (non-hydrogen) atoms. The van der Waals surface area contributed by atoms with Gasteiger partial charge >= 0.3 is 12.1 Å². The number of carboxylic acid groups (broad SMARTS) is 1. The van der Waals surface area contributed by atoms with E-state index in [-0.39, 0.29) is 35.2 Å². The fourth-order valence-electron chi connectivity index (χ4n) is 6.39. The Labute approximate surface area is 332 Å². The molecule has 0 saturated carbocycles. The lowest BCUT2D eigenvalue weighted by Crippen LogP contribution is -2.37. The zero-order chi connectivity index (χ0) is 39.0. The highest BCUT2D eigenvalue weighted by atomic mass is 35.5. The third-order valence-corrected chi connectivity index (χ3v) is 11.1. The lowest BCUT2D eigenvalue weighted by molar-refractivity contribution is -0.137. The van der Waals surface area contributed by atoms with Gasteiger partial charge in [-0.3, -0.25) is 19.5 Å². The number of benzene rings is 3. The molecule has 16 heteroatoms. The van der Waals surface area contributed by atoms with Crippen LogP contribution in [-0.4, -0.2) is 115 Å². The van der Waals surface area contributed by atoms with Crippen LogP contribution in [0.15, 0.2) is 59.5 Å². The monoisotopic (exact) mass is 819 g/mol. The van der Waals surface area contributed by atoms with Gasteiger partial charge in [0, 0.05) is 67.5 Å². The Kier molecular flexibility index (Phi) is 14.1. The lowest BCUT2D eigenvalue weighted by atomic mass is 9.99. The summed E-state index contributed by atoms with van der Waals surface area (Å²) in [6.07, 6.45) is -1.72. The minimum absolute atomic E-state index is 0.151. The highest BCUT2D eigenvalue weighted by molar-refractivity contribution is 8.26. The van der Waals surface area contributed by atoms with E-state index >= 15 is 0 Å². The van der Waals surface area contributed by atoms with Gasteiger partial charge in [-0.2, -0.15) is 13.2 Å². The third-order valence-electron chi connectivity index (χ3n) is 9.34. The van der Waals surface area contributed by atoms with Crippen molar-refractivity contribution in [3.8, 4) is 22.6 Å². The second-order valence-corrected chi connectivity index (χ2v) is 15.2. The summed E-state index contributed by atoms with van der Waals surface area (Å²) in [4.78, 5) is 31.7. The highest BCUT2D eigenvalue weighted by Crippen LogP contribution is 2.39. The summed E-state index contributed by atoms with van der Waals surface area (Å²) in [6.45, 7) is 7.98. The van der Waals surface area contributed by atoms with Gasteiger partial charge in [0.1, 0.15) is 15.8 Å². The van der Waals surface area contributed by atoms with Crippen molar-refractivity contribution in [3.63, 3.8) is 0 Å². The second kappa shape index (κ2) is 19.0. The Bertz CT molecular complexity index is 1900. The second-order valence-electron chi connectivity index (χ2n) is 13.2. The highest BCUT2D eigenvalue weighted by Gasteiger charge is 2.33. The summed E-state index contributed by atoms with van der Waals surface area (Å²) in [5.41, 5.74) is 1.22. The number of hydrogen-bond acceptors (Lipinski definition) is 10. The maximum Gasteiger partial charge on any atom is 0.416 e. The largest absolute Gasteiger partial charge is 0.493 e. The van der Waals surface area contributed by atoms with Gasteiger partial charge in [0.05, 0.1) is 55.7 Å². The van der Waals surface area contributed by atoms with Crippen molar-refractivity contribution >= 4 is 57.9 Å². The summed E-state index contributed by atoms with van der Waals surface area (Å²) >= 11 is 13.1. The van der Waals surface area contributed by atoms with Gasteiger partial charge in [0.2, 0.25) is 0 Å². The number of carboxylic acids is 1. The normalized spacial score (nSPS) is 18.0. The van der Waals surface area contributed by atoms with Crippen LogP contribution in [0, 0.1) is 0 Å². The Hall–Kier alpha value is -3.70. The van der Waals surface area contributed by atoms with Crippen molar-refractivity contribution in [1.82, 2.24) is 14.7 Å². The van der Waals surface area contributed by atoms with Crippen LogP contribution in [0.25, 0.3) is 17.2 Å². The Morgan fingerprint density at radius 1 is 0.891 bits per heavy atom.